The highest BCUT2D eigenvalue weighted by Crippen LogP contribution is 2.27. The molecule has 1 aliphatic heterocycles. The largest absolute Gasteiger partial charge is 0.497 e. The van der Waals surface area contributed by atoms with E-state index in [1.165, 1.54) is 0 Å². The molecular formula is C26H29N5O3. The molecule has 8 nitrogen and oxygen atoms in total. The summed E-state index contributed by atoms with van der Waals surface area (Å²) in [5.41, 5.74) is 2.67. The number of benzene rings is 2. The number of carbonyl (C=O) groups is 1. The van der Waals surface area contributed by atoms with Gasteiger partial charge in [-0.1, -0.05) is 6.07 Å². The number of hydrogen-bond acceptors (Lipinski definition) is 7. The highest BCUT2D eigenvalue weighted by Gasteiger charge is 2.21. The molecule has 0 radical (unpaired) electrons. The van der Waals surface area contributed by atoms with Gasteiger partial charge in [-0.05, 0) is 48.0 Å². The summed E-state index contributed by atoms with van der Waals surface area (Å²) in [5.74, 6) is 0.576. The average molecular weight is 460 g/mol. The smallest absolute Gasteiger partial charge is 0.251 e. The molecule has 0 spiro atoms. The lowest BCUT2D eigenvalue weighted by Crippen LogP contribution is -2.49. The number of methoxy groups -OCH3 is 1. The molecule has 1 saturated heterocycles. The molecule has 176 valence electrons. The average Bonchev–Trinajstić information content (AvgIpc) is 2.88. The Morgan fingerprint density at radius 2 is 1.97 bits per heavy atom. The lowest BCUT2D eigenvalue weighted by Gasteiger charge is -2.35. The summed E-state index contributed by atoms with van der Waals surface area (Å²) in [4.78, 5) is 21.3. The van der Waals surface area contributed by atoms with Crippen molar-refractivity contribution in [3.8, 4) is 11.8 Å². The minimum atomic E-state index is -0.618. The third kappa shape index (κ3) is 5.69. The summed E-state index contributed by atoms with van der Waals surface area (Å²) in [6.45, 7) is 5.30. The van der Waals surface area contributed by atoms with Crippen molar-refractivity contribution in [3.63, 3.8) is 0 Å². The van der Waals surface area contributed by atoms with Crippen LogP contribution < -0.4 is 10.1 Å². The van der Waals surface area contributed by atoms with Gasteiger partial charge in [-0.25, -0.2) is 0 Å². The topological polar surface area (TPSA) is 102 Å². The Hall–Kier alpha value is -3.51. The Morgan fingerprint density at radius 1 is 1.18 bits per heavy atom. The minimum Gasteiger partial charge on any atom is -0.497 e. The molecule has 0 bridgehead atoms. The molecule has 1 fully saturated rings. The lowest BCUT2D eigenvalue weighted by molar-refractivity contribution is 0.0725. The van der Waals surface area contributed by atoms with Gasteiger partial charge in [-0.2, -0.15) is 5.26 Å². The lowest BCUT2D eigenvalue weighted by atomic mass is 10.0. The van der Waals surface area contributed by atoms with E-state index in [0.29, 0.717) is 24.2 Å². The fourth-order valence-electron chi connectivity index (χ4n) is 4.26. The summed E-state index contributed by atoms with van der Waals surface area (Å²) in [6.07, 6.45) is 1.11. The molecule has 1 amide bonds. The number of rotatable bonds is 8. The fourth-order valence-corrected chi connectivity index (χ4v) is 4.26. The monoisotopic (exact) mass is 459 g/mol. The van der Waals surface area contributed by atoms with Gasteiger partial charge in [0.05, 0.1) is 30.4 Å². The van der Waals surface area contributed by atoms with Crippen LogP contribution in [0.25, 0.3) is 10.9 Å². The van der Waals surface area contributed by atoms with Gasteiger partial charge in [0.25, 0.3) is 5.91 Å². The summed E-state index contributed by atoms with van der Waals surface area (Å²) >= 11 is 0. The molecule has 2 aromatic carbocycles. The minimum absolute atomic E-state index is 0.167. The third-order valence-corrected chi connectivity index (χ3v) is 6.20. The van der Waals surface area contributed by atoms with Gasteiger partial charge in [0.2, 0.25) is 0 Å². The van der Waals surface area contributed by atoms with E-state index in [4.69, 9.17) is 10.00 Å². The van der Waals surface area contributed by atoms with Gasteiger partial charge < -0.3 is 15.2 Å². The molecule has 0 aliphatic carbocycles. The Morgan fingerprint density at radius 3 is 2.74 bits per heavy atom. The van der Waals surface area contributed by atoms with E-state index in [0.717, 1.165) is 54.9 Å². The maximum Gasteiger partial charge on any atom is 0.251 e. The quantitative estimate of drug-likeness (QED) is 0.532. The number of pyridine rings is 1. The molecule has 2 N–H and O–H groups in total. The SMILES string of the molecule is COc1ccc2nccc([C@@H](O)CN3CCN(CCNC(=O)c4cccc(C#N)c4)CC3)c2c1. The molecule has 34 heavy (non-hydrogen) atoms. The van der Waals surface area contributed by atoms with Gasteiger partial charge in [-0.15, -0.1) is 0 Å². The molecule has 4 rings (SSSR count). The van der Waals surface area contributed by atoms with Crippen molar-refractivity contribution in [1.29, 1.82) is 5.26 Å². The Kier molecular flexibility index (Phi) is 7.70. The molecule has 2 heterocycles. The maximum atomic E-state index is 12.3. The van der Waals surface area contributed by atoms with Crippen molar-refractivity contribution in [3.05, 3.63) is 71.4 Å². The first kappa shape index (κ1) is 23.6. The number of aliphatic hydroxyl groups excluding tert-OH is 1. The molecule has 3 aromatic rings. The van der Waals surface area contributed by atoms with Crippen LogP contribution in [-0.4, -0.2) is 78.7 Å². The number of fused-ring (bicyclic) bond motifs is 1. The Bertz CT molecular complexity index is 1180. The van der Waals surface area contributed by atoms with Gasteiger partial charge >= 0.3 is 0 Å². The van der Waals surface area contributed by atoms with Crippen LogP contribution in [0, 0.1) is 11.3 Å². The zero-order chi connectivity index (χ0) is 23.9. The molecule has 0 unspecified atom stereocenters. The number of nitrogens with zero attached hydrogens (tertiary/aromatic N) is 4. The van der Waals surface area contributed by atoms with Crippen LogP contribution in [0.4, 0.5) is 0 Å². The zero-order valence-electron chi connectivity index (χ0n) is 19.3. The molecular weight excluding hydrogens is 430 g/mol. The molecule has 1 aliphatic rings. The van der Waals surface area contributed by atoms with E-state index in [1.807, 2.05) is 24.3 Å². The predicted octanol–water partition coefficient (Wildman–Crippen LogP) is 2.20. The van der Waals surface area contributed by atoms with Crippen molar-refractivity contribution >= 4 is 16.8 Å². The van der Waals surface area contributed by atoms with Gasteiger partial charge in [0.1, 0.15) is 5.75 Å². The first-order chi connectivity index (χ1) is 16.6. The second-order valence-electron chi connectivity index (χ2n) is 8.39. The van der Waals surface area contributed by atoms with Crippen LogP contribution in [0.2, 0.25) is 0 Å². The van der Waals surface area contributed by atoms with E-state index < -0.39 is 6.10 Å². The van der Waals surface area contributed by atoms with E-state index >= 15 is 0 Å². The van der Waals surface area contributed by atoms with Crippen molar-refractivity contribution in [2.45, 2.75) is 6.10 Å². The number of piperazine rings is 1. The number of nitrogens with one attached hydrogen (secondary N) is 1. The molecule has 1 aromatic heterocycles. The second kappa shape index (κ2) is 11.1. The van der Waals surface area contributed by atoms with Crippen molar-refractivity contribution in [2.24, 2.45) is 0 Å². The van der Waals surface area contributed by atoms with E-state index in [1.54, 1.807) is 37.6 Å². The van der Waals surface area contributed by atoms with Crippen molar-refractivity contribution in [2.75, 3.05) is 52.9 Å². The van der Waals surface area contributed by atoms with Crippen LogP contribution in [0.3, 0.4) is 0 Å². The van der Waals surface area contributed by atoms with Crippen LogP contribution in [0.5, 0.6) is 5.75 Å². The summed E-state index contributed by atoms with van der Waals surface area (Å²) in [5, 5.41) is 23.8. The normalized spacial score (nSPS) is 15.6. The van der Waals surface area contributed by atoms with E-state index in [-0.39, 0.29) is 5.91 Å². The Balaban J connectivity index is 1.25. The number of ether oxygens (including phenoxy) is 1. The van der Waals surface area contributed by atoms with Crippen molar-refractivity contribution < 1.29 is 14.6 Å². The van der Waals surface area contributed by atoms with Crippen LogP contribution in [0.1, 0.15) is 27.6 Å². The van der Waals surface area contributed by atoms with Crippen molar-refractivity contribution in [1.82, 2.24) is 20.1 Å². The number of carbonyl (C=O) groups excluding carboxylic acids is 1. The fraction of sp³-hybridized carbons (Fsp3) is 0.346. The zero-order valence-corrected chi connectivity index (χ0v) is 19.3. The number of hydrogen-bond donors (Lipinski definition) is 2. The second-order valence-corrected chi connectivity index (χ2v) is 8.39. The van der Waals surface area contributed by atoms with Gasteiger partial charge in [0, 0.05) is 63.0 Å². The standard InChI is InChI=1S/C26H29N5O3/c1-34-21-5-6-24-23(16-21)22(7-8-28-24)25(32)18-31-13-11-30(12-14-31)10-9-29-26(33)20-4-2-3-19(15-20)17-27/h2-8,15-16,25,32H,9-14,18H2,1H3,(H,29,33)/t25-/m0/s1. The highest BCUT2D eigenvalue weighted by molar-refractivity contribution is 5.94. The number of aromatic nitrogens is 1. The Labute approximate surface area is 199 Å². The number of β-amino-alcohol motifs (C(OH)–C–C–N with tert-alkyl or cyclic N) is 1. The van der Waals surface area contributed by atoms with Crippen LogP contribution in [-0.2, 0) is 0 Å². The molecule has 8 heteroatoms. The summed E-state index contributed by atoms with van der Waals surface area (Å²) in [7, 11) is 1.63. The van der Waals surface area contributed by atoms with Crippen LogP contribution in [0.15, 0.2) is 54.7 Å². The predicted molar refractivity (Wildman–Crippen MR) is 130 cm³/mol. The summed E-state index contributed by atoms with van der Waals surface area (Å²) < 4.78 is 5.34. The molecule has 1 atom stereocenters. The van der Waals surface area contributed by atoms with Gasteiger partial charge in [-0.3, -0.25) is 19.6 Å². The van der Waals surface area contributed by atoms with E-state index in [9.17, 15) is 9.90 Å². The van der Waals surface area contributed by atoms with E-state index in [2.05, 4.69) is 26.2 Å². The van der Waals surface area contributed by atoms with Crippen LogP contribution >= 0.6 is 0 Å². The maximum absolute atomic E-state index is 12.3. The summed E-state index contributed by atoms with van der Waals surface area (Å²) in [6, 6.07) is 16.3. The number of aliphatic hydroxyl groups is 1. The number of nitriles is 1. The first-order valence-electron chi connectivity index (χ1n) is 11.4. The molecule has 0 saturated carbocycles. The van der Waals surface area contributed by atoms with Gasteiger partial charge in [0.15, 0.2) is 0 Å². The highest BCUT2D eigenvalue weighted by atomic mass is 16.5. The first-order valence-corrected chi connectivity index (χ1v) is 11.4. The number of amides is 1. The third-order valence-electron chi connectivity index (χ3n) is 6.20.